The molecule has 0 saturated heterocycles. The molecule has 3 aromatic carbocycles. The Morgan fingerprint density at radius 2 is 1.55 bits per heavy atom. The summed E-state index contributed by atoms with van der Waals surface area (Å²) in [6.07, 6.45) is 1.22. The van der Waals surface area contributed by atoms with Crippen LogP contribution >= 0.6 is 34.8 Å². The monoisotopic (exact) mass is 623 g/mol. The number of nitrogens with one attached hydrogen (secondary N) is 1. The van der Waals surface area contributed by atoms with Gasteiger partial charge in [0.1, 0.15) is 12.6 Å². The Labute approximate surface area is 251 Å². The zero-order valence-corrected chi connectivity index (χ0v) is 25.8. The van der Waals surface area contributed by atoms with Crippen molar-refractivity contribution >= 4 is 62.3 Å². The molecule has 0 aliphatic carbocycles. The van der Waals surface area contributed by atoms with Gasteiger partial charge in [0.25, 0.3) is 0 Å². The van der Waals surface area contributed by atoms with Crippen LogP contribution < -0.4 is 9.62 Å². The summed E-state index contributed by atoms with van der Waals surface area (Å²) in [4.78, 5) is 29.1. The summed E-state index contributed by atoms with van der Waals surface area (Å²) in [5.41, 5.74) is 2.28. The van der Waals surface area contributed by atoms with Crippen LogP contribution in [0.1, 0.15) is 30.5 Å². The minimum atomic E-state index is -3.91. The van der Waals surface area contributed by atoms with Crippen LogP contribution in [0.3, 0.4) is 0 Å². The molecule has 3 rings (SSSR count). The topological polar surface area (TPSA) is 86.8 Å². The number of benzene rings is 3. The fourth-order valence-electron chi connectivity index (χ4n) is 4.21. The fourth-order valence-corrected chi connectivity index (χ4v) is 5.75. The Balaban J connectivity index is 2.11. The molecule has 0 unspecified atom stereocenters. The molecular weight excluding hydrogens is 593 g/mol. The van der Waals surface area contributed by atoms with Crippen molar-refractivity contribution in [3.8, 4) is 0 Å². The van der Waals surface area contributed by atoms with Crippen molar-refractivity contribution in [1.82, 2.24) is 10.2 Å². The van der Waals surface area contributed by atoms with E-state index in [0.29, 0.717) is 26.2 Å². The Bertz CT molecular complexity index is 1470. The summed E-state index contributed by atoms with van der Waals surface area (Å²) in [5.74, 6) is -0.960. The van der Waals surface area contributed by atoms with Gasteiger partial charge in [-0.3, -0.25) is 13.9 Å². The number of rotatable bonds is 11. The number of hydrogen-bond donors (Lipinski definition) is 1. The van der Waals surface area contributed by atoms with Crippen LogP contribution in [-0.2, 0) is 32.6 Å². The van der Waals surface area contributed by atoms with Crippen LogP contribution in [0.4, 0.5) is 5.69 Å². The number of carbonyl (C=O) groups is 2. The van der Waals surface area contributed by atoms with E-state index in [4.69, 9.17) is 34.8 Å². The molecule has 7 nitrogen and oxygen atoms in total. The SMILES string of the molecule is Cc1ccc(Cl)cc1N(CC(=O)N(Cc1ccc(Cl)cc1Cl)[C@@H](Cc1ccccc1)C(=O)NC(C)C)S(C)(=O)=O. The Morgan fingerprint density at radius 3 is 2.15 bits per heavy atom. The third kappa shape index (κ3) is 8.61. The molecule has 0 radical (unpaired) electrons. The number of aryl methyl sites for hydroxylation is 1. The van der Waals surface area contributed by atoms with Crippen LogP contribution in [0.5, 0.6) is 0 Å². The first-order valence-electron chi connectivity index (χ1n) is 12.6. The average Bonchev–Trinajstić information content (AvgIpc) is 2.86. The molecular formula is C29H32Cl3N3O4S. The van der Waals surface area contributed by atoms with Gasteiger partial charge in [-0.05, 0) is 61.7 Å². The molecule has 0 heterocycles. The predicted molar refractivity (Wildman–Crippen MR) is 163 cm³/mol. The number of nitrogens with zero attached hydrogens (tertiary/aromatic N) is 2. The molecule has 1 atom stereocenters. The molecule has 0 saturated carbocycles. The van der Waals surface area contributed by atoms with E-state index in [0.717, 1.165) is 16.1 Å². The molecule has 0 spiro atoms. The molecule has 0 aromatic heterocycles. The quantitative estimate of drug-likeness (QED) is 0.289. The second kappa shape index (κ2) is 13.7. The largest absolute Gasteiger partial charge is 0.352 e. The van der Waals surface area contributed by atoms with E-state index in [1.165, 1.54) is 11.0 Å². The van der Waals surface area contributed by atoms with Crippen molar-refractivity contribution < 1.29 is 18.0 Å². The third-order valence-electron chi connectivity index (χ3n) is 6.18. The summed E-state index contributed by atoms with van der Waals surface area (Å²) >= 11 is 18.8. The van der Waals surface area contributed by atoms with Gasteiger partial charge < -0.3 is 10.2 Å². The lowest BCUT2D eigenvalue weighted by Crippen LogP contribution is -2.54. The van der Waals surface area contributed by atoms with E-state index < -0.39 is 28.5 Å². The second-order valence-electron chi connectivity index (χ2n) is 9.83. The highest BCUT2D eigenvalue weighted by atomic mass is 35.5. The van der Waals surface area contributed by atoms with Gasteiger partial charge in [-0.25, -0.2) is 8.42 Å². The lowest BCUT2D eigenvalue weighted by atomic mass is 10.0. The van der Waals surface area contributed by atoms with E-state index in [9.17, 15) is 18.0 Å². The molecule has 2 amide bonds. The van der Waals surface area contributed by atoms with Gasteiger partial charge in [0, 0.05) is 34.1 Å². The van der Waals surface area contributed by atoms with Crippen molar-refractivity contribution in [2.75, 3.05) is 17.1 Å². The maximum absolute atomic E-state index is 14.1. The summed E-state index contributed by atoms with van der Waals surface area (Å²) in [7, 11) is -3.91. The molecule has 1 N–H and O–H groups in total. The highest BCUT2D eigenvalue weighted by molar-refractivity contribution is 7.92. The first-order chi connectivity index (χ1) is 18.8. The standard InChI is InChI=1S/C29H32Cl3N3O4S/c1-19(2)33-29(37)27(14-21-8-6-5-7-9-21)34(17-22-11-13-23(30)15-25(22)32)28(36)18-35(40(4,38)39)26-16-24(31)12-10-20(26)3/h5-13,15-16,19,27H,14,17-18H2,1-4H3,(H,33,37)/t27-/m0/s1. The summed E-state index contributed by atoms with van der Waals surface area (Å²) < 4.78 is 26.9. The van der Waals surface area contributed by atoms with E-state index in [1.807, 2.05) is 44.2 Å². The lowest BCUT2D eigenvalue weighted by Gasteiger charge is -2.34. The molecule has 11 heteroatoms. The van der Waals surface area contributed by atoms with Gasteiger partial charge in [0.15, 0.2) is 0 Å². The van der Waals surface area contributed by atoms with Crippen molar-refractivity contribution in [3.05, 3.63) is 98.5 Å². The molecule has 0 aliphatic rings. The average molecular weight is 625 g/mol. The maximum Gasteiger partial charge on any atom is 0.244 e. The predicted octanol–water partition coefficient (Wildman–Crippen LogP) is 5.89. The molecule has 40 heavy (non-hydrogen) atoms. The number of carbonyl (C=O) groups excluding carboxylic acids is 2. The minimum Gasteiger partial charge on any atom is -0.352 e. The van der Waals surface area contributed by atoms with E-state index >= 15 is 0 Å². The van der Waals surface area contributed by atoms with Gasteiger partial charge >= 0.3 is 0 Å². The van der Waals surface area contributed by atoms with Crippen molar-refractivity contribution in [2.24, 2.45) is 0 Å². The first-order valence-corrected chi connectivity index (χ1v) is 15.6. The molecule has 214 valence electrons. The Morgan fingerprint density at radius 1 is 0.925 bits per heavy atom. The normalized spacial score (nSPS) is 12.2. The third-order valence-corrected chi connectivity index (χ3v) is 8.13. The summed E-state index contributed by atoms with van der Waals surface area (Å²) in [6.45, 7) is 4.78. The molecule has 3 aromatic rings. The van der Waals surface area contributed by atoms with Crippen LogP contribution in [-0.4, -0.2) is 50.0 Å². The van der Waals surface area contributed by atoms with Gasteiger partial charge in [-0.1, -0.05) is 77.3 Å². The number of halogens is 3. The van der Waals surface area contributed by atoms with Crippen LogP contribution in [0.15, 0.2) is 66.7 Å². The number of hydrogen-bond acceptors (Lipinski definition) is 4. The highest BCUT2D eigenvalue weighted by Crippen LogP contribution is 2.28. The van der Waals surface area contributed by atoms with E-state index in [2.05, 4.69) is 5.32 Å². The van der Waals surface area contributed by atoms with E-state index in [1.54, 1.807) is 37.3 Å². The van der Waals surface area contributed by atoms with Crippen LogP contribution in [0.25, 0.3) is 0 Å². The van der Waals surface area contributed by atoms with Gasteiger partial charge in [0.2, 0.25) is 21.8 Å². The summed E-state index contributed by atoms with van der Waals surface area (Å²) in [6, 6.07) is 17.8. The van der Waals surface area contributed by atoms with Gasteiger partial charge in [0.05, 0.1) is 11.9 Å². The summed E-state index contributed by atoms with van der Waals surface area (Å²) in [5, 5.41) is 3.97. The molecule has 0 bridgehead atoms. The Kier molecular flexibility index (Phi) is 10.9. The number of anilines is 1. The number of sulfonamides is 1. The maximum atomic E-state index is 14.1. The van der Waals surface area contributed by atoms with Crippen LogP contribution in [0.2, 0.25) is 15.1 Å². The molecule has 0 aliphatic heterocycles. The first kappa shape index (κ1) is 31.7. The van der Waals surface area contributed by atoms with Crippen molar-refractivity contribution in [1.29, 1.82) is 0 Å². The van der Waals surface area contributed by atoms with Crippen LogP contribution in [0, 0.1) is 6.92 Å². The zero-order valence-electron chi connectivity index (χ0n) is 22.7. The van der Waals surface area contributed by atoms with Gasteiger partial charge in [-0.2, -0.15) is 0 Å². The van der Waals surface area contributed by atoms with Crippen molar-refractivity contribution in [2.45, 2.75) is 45.8 Å². The second-order valence-corrected chi connectivity index (χ2v) is 13.0. The highest BCUT2D eigenvalue weighted by Gasteiger charge is 2.34. The van der Waals surface area contributed by atoms with Crippen molar-refractivity contribution in [3.63, 3.8) is 0 Å². The lowest BCUT2D eigenvalue weighted by molar-refractivity contribution is -0.140. The van der Waals surface area contributed by atoms with Gasteiger partial charge in [-0.15, -0.1) is 0 Å². The number of amides is 2. The fraction of sp³-hybridized carbons (Fsp3) is 0.310. The Hall–Kier alpha value is -2.78. The smallest absolute Gasteiger partial charge is 0.244 e. The molecule has 0 fully saturated rings. The minimum absolute atomic E-state index is 0.0516. The van der Waals surface area contributed by atoms with E-state index in [-0.39, 0.29) is 30.6 Å². The zero-order chi connectivity index (χ0) is 29.6.